The molecule has 0 spiro atoms. The van der Waals surface area contributed by atoms with Crippen molar-refractivity contribution in [1.82, 2.24) is 4.72 Å². The number of sulfonamides is 1. The topological polar surface area (TPSA) is 101 Å². The van der Waals surface area contributed by atoms with Crippen LogP contribution in [0, 0.1) is 0 Å². The maximum atomic E-state index is 12.1. The minimum absolute atomic E-state index is 0.0373. The van der Waals surface area contributed by atoms with Crippen molar-refractivity contribution < 1.29 is 13.2 Å². The first-order valence-corrected chi connectivity index (χ1v) is 7.54. The van der Waals surface area contributed by atoms with Gasteiger partial charge in [-0.05, 0) is 24.6 Å². The van der Waals surface area contributed by atoms with E-state index in [1.54, 1.807) is 6.92 Å². The number of amides is 1. The molecule has 0 radical (unpaired) electrons. The van der Waals surface area contributed by atoms with Gasteiger partial charge in [-0.25, -0.2) is 13.1 Å². The molecular formula is C11H14ClN3O3S. The molecule has 0 fully saturated rings. The van der Waals surface area contributed by atoms with Crippen molar-refractivity contribution >= 4 is 33.2 Å². The summed E-state index contributed by atoms with van der Waals surface area (Å²) in [6.45, 7) is 1.84. The Morgan fingerprint density at radius 3 is 2.84 bits per heavy atom. The summed E-state index contributed by atoms with van der Waals surface area (Å²) >= 11 is 5.97. The Hall–Kier alpha value is -1.15. The second-order valence-corrected chi connectivity index (χ2v) is 6.51. The molecule has 1 aliphatic heterocycles. The normalized spacial score (nSPS) is 16.1. The second-order valence-electron chi connectivity index (χ2n) is 4.42. The standard InChI is InChI=1S/C11H14ClN3O3S/c1-6(5-13)15-19(17,18)10-2-7-3-11(16)14-9(7)4-8(10)12/h2,4,6,15H,3,5,13H2,1H3,(H,14,16). The van der Waals surface area contributed by atoms with Gasteiger partial charge in [0, 0.05) is 18.3 Å². The van der Waals surface area contributed by atoms with Gasteiger partial charge < -0.3 is 11.1 Å². The zero-order valence-corrected chi connectivity index (χ0v) is 11.8. The molecule has 6 nitrogen and oxygen atoms in total. The highest BCUT2D eigenvalue weighted by atomic mass is 35.5. The highest BCUT2D eigenvalue weighted by Crippen LogP contribution is 2.32. The van der Waals surface area contributed by atoms with E-state index in [9.17, 15) is 13.2 Å². The van der Waals surface area contributed by atoms with Crippen LogP contribution >= 0.6 is 11.6 Å². The number of nitrogens with two attached hydrogens (primary N) is 1. The zero-order valence-electron chi connectivity index (χ0n) is 10.2. The Morgan fingerprint density at radius 1 is 1.53 bits per heavy atom. The zero-order chi connectivity index (χ0) is 14.2. The SMILES string of the molecule is CC(CN)NS(=O)(=O)c1cc2c(cc1Cl)NC(=O)C2. The first-order chi connectivity index (χ1) is 8.83. The second kappa shape index (κ2) is 5.09. The molecule has 1 aromatic rings. The van der Waals surface area contributed by atoms with Crippen LogP contribution in [0.15, 0.2) is 17.0 Å². The molecule has 1 unspecified atom stereocenters. The number of carbonyl (C=O) groups excluding carboxylic acids is 1. The van der Waals surface area contributed by atoms with Crippen molar-refractivity contribution in [2.75, 3.05) is 11.9 Å². The minimum Gasteiger partial charge on any atom is -0.329 e. The van der Waals surface area contributed by atoms with E-state index in [1.165, 1.54) is 12.1 Å². The van der Waals surface area contributed by atoms with Gasteiger partial charge in [-0.1, -0.05) is 11.6 Å². The number of hydrogen-bond donors (Lipinski definition) is 3. The van der Waals surface area contributed by atoms with Crippen LogP contribution in [0.3, 0.4) is 0 Å². The predicted octanol–water partition coefficient (Wildman–Crippen LogP) is 0.460. The van der Waals surface area contributed by atoms with Crippen LogP contribution in [0.25, 0.3) is 0 Å². The number of rotatable bonds is 4. The van der Waals surface area contributed by atoms with Crippen molar-refractivity contribution in [3.63, 3.8) is 0 Å². The number of anilines is 1. The van der Waals surface area contributed by atoms with Crippen LogP contribution in [0.2, 0.25) is 5.02 Å². The Morgan fingerprint density at radius 2 is 2.21 bits per heavy atom. The molecular weight excluding hydrogens is 290 g/mol. The van der Waals surface area contributed by atoms with Crippen molar-refractivity contribution in [3.05, 3.63) is 22.7 Å². The number of hydrogen-bond acceptors (Lipinski definition) is 4. The fraction of sp³-hybridized carbons (Fsp3) is 0.364. The molecule has 1 amide bonds. The van der Waals surface area contributed by atoms with E-state index in [2.05, 4.69) is 10.0 Å². The van der Waals surface area contributed by atoms with Gasteiger partial charge in [-0.2, -0.15) is 0 Å². The molecule has 0 saturated carbocycles. The van der Waals surface area contributed by atoms with Crippen LogP contribution in [0.1, 0.15) is 12.5 Å². The van der Waals surface area contributed by atoms with Gasteiger partial charge in [0.25, 0.3) is 0 Å². The third kappa shape index (κ3) is 2.89. The number of halogens is 1. The fourth-order valence-electron chi connectivity index (χ4n) is 1.81. The van der Waals surface area contributed by atoms with Gasteiger partial charge in [-0.15, -0.1) is 0 Å². The molecule has 0 aromatic heterocycles. The summed E-state index contributed by atoms with van der Waals surface area (Å²) in [4.78, 5) is 11.2. The van der Waals surface area contributed by atoms with Crippen LogP contribution in [-0.2, 0) is 21.2 Å². The lowest BCUT2D eigenvalue weighted by molar-refractivity contribution is -0.115. The molecule has 4 N–H and O–H groups in total. The van der Waals surface area contributed by atoms with E-state index in [4.69, 9.17) is 17.3 Å². The van der Waals surface area contributed by atoms with Crippen LogP contribution in [0.4, 0.5) is 5.69 Å². The molecule has 1 atom stereocenters. The van der Waals surface area contributed by atoms with E-state index >= 15 is 0 Å². The summed E-state index contributed by atoms with van der Waals surface area (Å²) in [7, 11) is -3.74. The average molecular weight is 304 g/mol. The number of carbonyl (C=O) groups is 1. The van der Waals surface area contributed by atoms with Gasteiger partial charge in [0.1, 0.15) is 4.90 Å². The van der Waals surface area contributed by atoms with Gasteiger partial charge in [0.15, 0.2) is 0 Å². The molecule has 0 bridgehead atoms. The monoisotopic (exact) mass is 303 g/mol. The fourth-order valence-corrected chi connectivity index (χ4v) is 3.64. The third-order valence-corrected chi connectivity index (χ3v) is 4.84. The quantitative estimate of drug-likeness (QED) is 0.752. The van der Waals surface area contributed by atoms with Crippen LogP contribution in [-0.4, -0.2) is 26.9 Å². The number of fused-ring (bicyclic) bond motifs is 1. The molecule has 2 rings (SSSR count). The van der Waals surface area contributed by atoms with E-state index in [-0.39, 0.29) is 28.8 Å². The Bertz CT molecular complexity index is 630. The lowest BCUT2D eigenvalue weighted by atomic mass is 10.2. The molecule has 0 aliphatic carbocycles. The molecule has 0 saturated heterocycles. The predicted molar refractivity (Wildman–Crippen MR) is 72.6 cm³/mol. The van der Waals surface area contributed by atoms with Crippen LogP contribution < -0.4 is 15.8 Å². The molecule has 1 aliphatic rings. The van der Waals surface area contributed by atoms with Gasteiger partial charge in [0.05, 0.1) is 11.4 Å². The van der Waals surface area contributed by atoms with E-state index in [0.717, 1.165) is 0 Å². The van der Waals surface area contributed by atoms with Crippen LogP contribution in [0.5, 0.6) is 0 Å². The van der Waals surface area contributed by atoms with Crippen molar-refractivity contribution in [3.8, 4) is 0 Å². The third-order valence-electron chi connectivity index (χ3n) is 2.78. The van der Waals surface area contributed by atoms with Gasteiger partial charge in [0.2, 0.25) is 15.9 Å². The molecule has 1 aromatic carbocycles. The Balaban J connectivity index is 2.41. The van der Waals surface area contributed by atoms with E-state index < -0.39 is 16.1 Å². The Kier molecular flexibility index (Phi) is 3.82. The average Bonchev–Trinajstić information content (AvgIpc) is 2.66. The van der Waals surface area contributed by atoms with E-state index in [0.29, 0.717) is 11.3 Å². The summed E-state index contributed by atoms with van der Waals surface area (Å²) in [5, 5.41) is 2.68. The molecule has 19 heavy (non-hydrogen) atoms. The molecule has 1 heterocycles. The largest absolute Gasteiger partial charge is 0.329 e. The summed E-state index contributed by atoms with van der Waals surface area (Å²) < 4.78 is 26.7. The highest BCUT2D eigenvalue weighted by molar-refractivity contribution is 7.89. The number of benzene rings is 1. The first-order valence-electron chi connectivity index (χ1n) is 5.68. The maximum absolute atomic E-state index is 12.1. The smallest absolute Gasteiger partial charge is 0.242 e. The summed E-state index contributed by atoms with van der Waals surface area (Å²) in [6, 6.07) is 2.47. The van der Waals surface area contributed by atoms with Crippen molar-refractivity contribution in [2.24, 2.45) is 5.73 Å². The summed E-state index contributed by atoms with van der Waals surface area (Å²) in [5.41, 5.74) is 6.57. The lowest BCUT2D eigenvalue weighted by Gasteiger charge is -2.14. The Labute approximate surface area is 116 Å². The maximum Gasteiger partial charge on any atom is 0.242 e. The van der Waals surface area contributed by atoms with Crippen molar-refractivity contribution in [2.45, 2.75) is 24.3 Å². The first kappa shape index (κ1) is 14.3. The summed E-state index contributed by atoms with van der Waals surface area (Å²) in [5.74, 6) is -0.177. The van der Waals surface area contributed by atoms with E-state index in [1.807, 2.05) is 0 Å². The molecule has 104 valence electrons. The van der Waals surface area contributed by atoms with Gasteiger partial charge in [-0.3, -0.25) is 4.79 Å². The summed E-state index contributed by atoms with van der Waals surface area (Å²) in [6.07, 6.45) is 0.154. The number of nitrogens with one attached hydrogen (secondary N) is 2. The lowest BCUT2D eigenvalue weighted by Crippen LogP contribution is -2.37. The van der Waals surface area contributed by atoms with Crippen molar-refractivity contribution in [1.29, 1.82) is 0 Å². The molecule has 8 heteroatoms. The minimum atomic E-state index is -3.74. The highest BCUT2D eigenvalue weighted by Gasteiger charge is 2.25. The van der Waals surface area contributed by atoms with Gasteiger partial charge >= 0.3 is 0 Å².